The fourth-order valence-corrected chi connectivity index (χ4v) is 3.41. The van der Waals surface area contributed by atoms with Crippen LogP contribution in [-0.2, 0) is 0 Å². The van der Waals surface area contributed by atoms with Gasteiger partial charge in [-0.3, -0.25) is 0 Å². The summed E-state index contributed by atoms with van der Waals surface area (Å²) in [6.45, 7) is 3.60. The van der Waals surface area contributed by atoms with Gasteiger partial charge in [0.2, 0.25) is 0 Å². The van der Waals surface area contributed by atoms with E-state index in [0.29, 0.717) is 33.6 Å². The van der Waals surface area contributed by atoms with Crippen molar-refractivity contribution in [2.45, 2.75) is 13.8 Å². The third kappa shape index (κ3) is 2.64. The van der Waals surface area contributed by atoms with Crippen molar-refractivity contribution in [3.63, 3.8) is 0 Å². The average molecular weight is 365 g/mol. The summed E-state index contributed by atoms with van der Waals surface area (Å²) in [5, 5.41) is 26.7. The van der Waals surface area contributed by atoms with E-state index in [9.17, 15) is 14.7 Å². The Kier molecular flexibility index (Phi) is 3.92. The minimum Gasteiger partial charge on any atom is -0.508 e. The molecule has 6 nitrogen and oxygen atoms in total. The highest BCUT2D eigenvalue weighted by Gasteiger charge is 2.24. The van der Waals surface area contributed by atoms with Crippen molar-refractivity contribution in [1.82, 2.24) is 9.72 Å². The van der Waals surface area contributed by atoms with Crippen LogP contribution in [0.1, 0.15) is 17.0 Å². The molecule has 2 N–H and O–H groups in total. The van der Waals surface area contributed by atoms with Gasteiger partial charge in [0.05, 0.1) is 28.7 Å². The Balaban J connectivity index is 2.20. The van der Waals surface area contributed by atoms with Crippen molar-refractivity contribution in [2.75, 3.05) is 0 Å². The molecule has 2 aromatic carbocycles. The minimum atomic E-state index is -0.400. The molecule has 136 valence electrons. The molecule has 4 aromatic rings. The molecule has 0 aliphatic rings. The smallest absolute Gasteiger partial charge is 0.143 e. The predicted octanol–water partition coefficient (Wildman–Crippen LogP) is 4.56. The molecule has 0 fully saturated rings. The van der Waals surface area contributed by atoms with Crippen molar-refractivity contribution >= 4 is 17.1 Å². The lowest BCUT2D eigenvalue weighted by atomic mass is 10.0. The summed E-state index contributed by atoms with van der Waals surface area (Å²) in [7, 11) is 0. The van der Waals surface area contributed by atoms with Crippen molar-refractivity contribution in [1.29, 1.82) is 0 Å². The highest BCUT2D eigenvalue weighted by Crippen LogP contribution is 2.39. The van der Waals surface area contributed by atoms with Crippen LogP contribution in [0.15, 0.2) is 52.1 Å². The van der Waals surface area contributed by atoms with Gasteiger partial charge in [-0.15, -0.1) is 0 Å². The molecule has 7 heteroatoms. The van der Waals surface area contributed by atoms with Crippen LogP contribution in [0.5, 0.6) is 5.75 Å². The SMILES string of the molecule is Cc1noc(C)c1-c1c(/C=N/O)c2cc(F)ccc2n1-c1ccc(O)cc1. The first-order valence-electron chi connectivity index (χ1n) is 8.25. The van der Waals surface area contributed by atoms with Gasteiger partial charge < -0.3 is 19.4 Å². The van der Waals surface area contributed by atoms with Crippen LogP contribution < -0.4 is 0 Å². The van der Waals surface area contributed by atoms with Gasteiger partial charge in [0.25, 0.3) is 0 Å². The number of fused-ring (bicyclic) bond motifs is 1. The van der Waals surface area contributed by atoms with E-state index in [4.69, 9.17) is 4.52 Å². The minimum absolute atomic E-state index is 0.136. The van der Waals surface area contributed by atoms with Gasteiger partial charge in [0, 0.05) is 16.6 Å². The number of benzene rings is 2. The maximum atomic E-state index is 14.0. The molecule has 0 saturated carbocycles. The fourth-order valence-electron chi connectivity index (χ4n) is 3.41. The Morgan fingerprint density at radius 3 is 2.52 bits per heavy atom. The molecular weight excluding hydrogens is 349 g/mol. The van der Waals surface area contributed by atoms with Gasteiger partial charge in [-0.25, -0.2) is 4.39 Å². The van der Waals surface area contributed by atoms with Gasteiger partial charge in [-0.05, 0) is 56.3 Å². The first-order valence-corrected chi connectivity index (χ1v) is 8.25. The molecule has 0 bridgehead atoms. The van der Waals surface area contributed by atoms with Crippen LogP contribution in [-0.4, -0.2) is 26.3 Å². The molecule has 0 saturated heterocycles. The Morgan fingerprint density at radius 2 is 1.89 bits per heavy atom. The first-order chi connectivity index (χ1) is 13.0. The standard InChI is InChI=1S/C20H16FN3O3/c1-11-19(12(2)27-23-11)20-17(10-22-26)16-9-13(21)3-8-18(16)24(20)14-4-6-15(25)7-5-14/h3-10,25-26H,1-2H3/b22-10+. The second-order valence-electron chi connectivity index (χ2n) is 6.22. The van der Waals surface area contributed by atoms with Gasteiger partial charge in [-0.1, -0.05) is 10.3 Å². The summed E-state index contributed by atoms with van der Waals surface area (Å²) < 4.78 is 21.2. The van der Waals surface area contributed by atoms with Crippen LogP contribution >= 0.6 is 0 Å². The Hall–Kier alpha value is -3.61. The van der Waals surface area contributed by atoms with Crippen molar-refractivity contribution < 1.29 is 19.2 Å². The lowest BCUT2D eigenvalue weighted by Gasteiger charge is -2.12. The largest absolute Gasteiger partial charge is 0.508 e. The third-order valence-corrected chi connectivity index (χ3v) is 4.53. The van der Waals surface area contributed by atoms with E-state index in [1.54, 1.807) is 37.3 Å². The Bertz CT molecular complexity index is 1150. The van der Waals surface area contributed by atoms with Gasteiger partial charge in [0.1, 0.15) is 17.3 Å². The van der Waals surface area contributed by atoms with E-state index < -0.39 is 5.82 Å². The zero-order chi connectivity index (χ0) is 19.1. The molecule has 0 aliphatic carbocycles. The zero-order valence-electron chi connectivity index (χ0n) is 14.6. The first kappa shape index (κ1) is 16.8. The molecule has 2 aromatic heterocycles. The lowest BCUT2D eigenvalue weighted by molar-refractivity contribution is 0.322. The molecule has 0 spiro atoms. The van der Waals surface area contributed by atoms with Crippen molar-refractivity contribution in [3.8, 4) is 22.7 Å². The molecule has 0 unspecified atom stereocenters. The number of aryl methyl sites for hydroxylation is 2. The maximum Gasteiger partial charge on any atom is 0.143 e. The quantitative estimate of drug-likeness (QED) is 0.317. The molecule has 0 radical (unpaired) electrons. The van der Waals surface area contributed by atoms with E-state index in [-0.39, 0.29) is 5.75 Å². The number of halogens is 1. The molecular formula is C20H16FN3O3. The van der Waals surface area contributed by atoms with Gasteiger partial charge in [0.15, 0.2) is 0 Å². The summed E-state index contributed by atoms with van der Waals surface area (Å²) in [6, 6.07) is 11.1. The van der Waals surface area contributed by atoms with E-state index in [0.717, 1.165) is 11.3 Å². The monoisotopic (exact) mass is 365 g/mol. The highest BCUT2D eigenvalue weighted by molar-refractivity contribution is 6.07. The van der Waals surface area contributed by atoms with Crippen LogP contribution in [0.4, 0.5) is 4.39 Å². The number of aromatic hydroxyl groups is 1. The highest BCUT2D eigenvalue weighted by atomic mass is 19.1. The number of aromatic nitrogens is 2. The second kappa shape index (κ2) is 6.28. The summed E-state index contributed by atoms with van der Waals surface area (Å²) in [5.41, 5.74) is 4.05. The van der Waals surface area contributed by atoms with E-state index >= 15 is 0 Å². The fraction of sp³-hybridized carbons (Fsp3) is 0.100. The normalized spacial score (nSPS) is 11.7. The molecule has 2 heterocycles. The van der Waals surface area contributed by atoms with Crippen molar-refractivity contribution in [2.24, 2.45) is 5.16 Å². The topological polar surface area (TPSA) is 83.8 Å². The summed E-state index contributed by atoms with van der Waals surface area (Å²) in [5.74, 6) is 0.323. The second-order valence-corrected chi connectivity index (χ2v) is 6.22. The number of hydrogen-bond acceptors (Lipinski definition) is 5. The molecule has 0 atom stereocenters. The van der Waals surface area contributed by atoms with Crippen LogP contribution in [0.2, 0.25) is 0 Å². The number of phenolic OH excluding ortho intramolecular Hbond substituents is 1. The van der Waals surface area contributed by atoms with Crippen LogP contribution in [0.3, 0.4) is 0 Å². The summed E-state index contributed by atoms with van der Waals surface area (Å²) in [4.78, 5) is 0. The summed E-state index contributed by atoms with van der Waals surface area (Å²) in [6.07, 6.45) is 1.28. The number of nitrogens with zero attached hydrogens (tertiary/aromatic N) is 3. The average Bonchev–Trinajstić information content (AvgIpc) is 3.13. The molecule has 27 heavy (non-hydrogen) atoms. The zero-order valence-corrected chi connectivity index (χ0v) is 14.6. The Labute approximate surface area is 153 Å². The van der Waals surface area contributed by atoms with Gasteiger partial charge in [-0.2, -0.15) is 0 Å². The number of phenols is 1. The summed E-state index contributed by atoms with van der Waals surface area (Å²) >= 11 is 0. The lowest BCUT2D eigenvalue weighted by Crippen LogP contribution is -1.99. The number of rotatable bonds is 3. The third-order valence-electron chi connectivity index (χ3n) is 4.53. The maximum absolute atomic E-state index is 14.0. The molecule has 0 amide bonds. The molecule has 0 aliphatic heterocycles. The van der Waals surface area contributed by atoms with Crippen LogP contribution in [0, 0.1) is 19.7 Å². The van der Waals surface area contributed by atoms with E-state index in [1.807, 2.05) is 11.5 Å². The number of oxime groups is 1. The van der Waals surface area contributed by atoms with Crippen LogP contribution in [0.25, 0.3) is 27.8 Å². The Morgan fingerprint density at radius 1 is 1.15 bits per heavy atom. The van der Waals surface area contributed by atoms with E-state index in [1.165, 1.54) is 18.3 Å². The number of hydrogen-bond donors (Lipinski definition) is 2. The predicted molar refractivity (Wildman–Crippen MR) is 99.2 cm³/mol. The van der Waals surface area contributed by atoms with Crippen molar-refractivity contribution in [3.05, 3.63) is 65.3 Å². The molecule has 4 rings (SSSR count). The van der Waals surface area contributed by atoms with Gasteiger partial charge >= 0.3 is 0 Å². The van der Waals surface area contributed by atoms with E-state index in [2.05, 4.69) is 10.3 Å².